The summed E-state index contributed by atoms with van der Waals surface area (Å²) in [6.07, 6.45) is 0.868. The Morgan fingerprint density at radius 2 is 2.29 bits per heavy atom. The Bertz CT molecular complexity index is 416. The van der Waals surface area contributed by atoms with Gasteiger partial charge in [-0.25, -0.2) is 4.98 Å². The number of hydrogen-bond donors (Lipinski definition) is 1. The highest BCUT2D eigenvalue weighted by Gasteiger charge is 2.27. The minimum atomic E-state index is 0.132. The van der Waals surface area contributed by atoms with Crippen LogP contribution in [0, 0.1) is 0 Å². The summed E-state index contributed by atoms with van der Waals surface area (Å²) in [6, 6.07) is 0. The normalized spacial score (nSPS) is 15.3. The summed E-state index contributed by atoms with van der Waals surface area (Å²) in [7, 11) is 5.87. The highest BCUT2D eigenvalue weighted by atomic mass is 32.1. The largest absolute Gasteiger partial charge is 0.365 e. The maximum absolute atomic E-state index is 12.2. The minimum Gasteiger partial charge on any atom is -0.365 e. The van der Waals surface area contributed by atoms with Crippen molar-refractivity contribution in [2.24, 2.45) is 0 Å². The van der Waals surface area contributed by atoms with E-state index >= 15 is 0 Å². The van der Waals surface area contributed by atoms with Crippen LogP contribution in [-0.2, 0) is 6.42 Å². The number of hydrogen-bond acceptors (Lipinski definition) is 5. The predicted octanol–water partition coefficient (Wildman–Crippen LogP) is 0.745. The number of anilines is 1. The third-order valence-electron chi connectivity index (χ3n) is 2.83. The maximum atomic E-state index is 12.2. The van der Waals surface area contributed by atoms with E-state index in [1.165, 1.54) is 11.3 Å². The molecule has 0 aromatic carbocycles. The van der Waals surface area contributed by atoms with Crippen LogP contribution in [0.15, 0.2) is 0 Å². The van der Waals surface area contributed by atoms with Crippen LogP contribution >= 0.6 is 11.3 Å². The lowest BCUT2D eigenvalue weighted by Gasteiger charge is -2.27. The molecule has 1 aliphatic rings. The van der Waals surface area contributed by atoms with Gasteiger partial charge in [-0.1, -0.05) is 11.3 Å². The summed E-state index contributed by atoms with van der Waals surface area (Å²) in [5.41, 5.74) is 0.949. The molecular formula is C11H18N4OS. The lowest BCUT2D eigenvalue weighted by Crippen LogP contribution is -2.40. The minimum absolute atomic E-state index is 0.132. The number of nitrogens with one attached hydrogen (secondary N) is 1. The van der Waals surface area contributed by atoms with Gasteiger partial charge in [0, 0.05) is 33.1 Å². The van der Waals surface area contributed by atoms with Gasteiger partial charge in [-0.2, -0.15) is 0 Å². The molecule has 0 saturated carbocycles. The Hall–Kier alpha value is -1.14. The number of thiazole rings is 1. The van der Waals surface area contributed by atoms with E-state index in [0.29, 0.717) is 0 Å². The lowest BCUT2D eigenvalue weighted by atomic mass is 10.1. The fourth-order valence-electron chi connectivity index (χ4n) is 1.82. The van der Waals surface area contributed by atoms with Crippen LogP contribution in [0.2, 0.25) is 0 Å². The molecule has 1 aliphatic heterocycles. The topological polar surface area (TPSA) is 48.5 Å². The van der Waals surface area contributed by atoms with Gasteiger partial charge >= 0.3 is 0 Å². The third-order valence-corrected chi connectivity index (χ3v) is 3.93. The lowest BCUT2D eigenvalue weighted by molar-refractivity contribution is 0.0733. The van der Waals surface area contributed by atoms with Crippen molar-refractivity contribution >= 4 is 22.4 Å². The van der Waals surface area contributed by atoms with Gasteiger partial charge in [-0.05, 0) is 14.1 Å². The summed E-state index contributed by atoms with van der Waals surface area (Å²) < 4.78 is 0. The van der Waals surface area contributed by atoms with E-state index in [0.717, 1.165) is 41.8 Å². The van der Waals surface area contributed by atoms with Gasteiger partial charge in [0.1, 0.15) is 4.88 Å². The van der Waals surface area contributed by atoms with Gasteiger partial charge in [-0.3, -0.25) is 4.79 Å². The van der Waals surface area contributed by atoms with Gasteiger partial charge < -0.3 is 15.1 Å². The molecule has 0 bridgehead atoms. The van der Waals surface area contributed by atoms with Crippen LogP contribution in [0.4, 0.5) is 5.13 Å². The molecule has 0 unspecified atom stereocenters. The van der Waals surface area contributed by atoms with E-state index in [1.807, 2.05) is 26.0 Å². The van der Waals surface area contributed by atoms with Gasteiger partial charge in [0.25, 0.3) is 5.91 Å². The van der Waals surface area contributed by atoms with Crippen molar-refractivity contribution < 1.29 is 4.79 Å². The van der Waals surface area contributed by atoms with Crippen molar-refractivity contribution in [3.8, 4) is 0 Å². The molecule has 0 fully saturated rings. The van der Waals surface area contributed by atoms with Gasteiger partial charge in [0.2, 0.25) is 0 Å². The zero-order valence-corrected chi connectivity index (χ0v) is 11.3. The average molecular weight is 254 g/mol. The van der Waals surface area contributed by atoms with Crippen molar-refractivity contribution in [3.63, 3.8) is 0 Å². The highest BCUT2D eigenvalue weighted by molar-refractivity contribution is 7.17. The molecule has 1 aromatic rings. The summed E-state index contributed by atoms with van der Waals surface area (Å²) in [5, 5.41) is 3.83. The molecule has 2 heterocycles. The summed E-state index contributed by atoms with van der Waals surface area (Å²) in [4.78, 5) is 21.4. The highest BCUT2D eigenvalue weighted by Crippen LogP contribution is 2.27. The maximum Gasteiger partial charge on any atom is 0.265 e. The standard InChI is InChI=1S/C11H18N4OS/c1-12-11-13-8-4-5-15(7-6-14(2)3)10(16)9(8)17-11/h4-7H2,1-3H3,(H,12,13). The van der Waals surface area contributed by atoms with E-state index in [2.05, 4.69) is 15.2 Å². The number of carbonyl (C=O) groups is 1. The van der Waals surface area contributed by atoms with Crippen LogP contribution in [0.25, 0.3) is 0 Å². The van der Waals surface area contributed by atoms with Crippen LogP contribution in [0.3, 0.4) is 0 Å². The first-order chi connectivity index (χ1) is 8.11. The molecule has 17 heavy (non-hydrogen) atoms. The van der Waals surface area contributed by atoms with E-state index in [1.54, 1.807) is 0 Å². The van der Waals surface area contributed by atoms with Gasteiger partial charge in [-0.15, -0.1) is 0 Å². The summed E-state index contributed by atoms with van der Waals surface area (Å²) in [5.74, 6) is 0.132. The van der Waals surface area contributed by atoms with Crippen molar-refractivity contribution in [2.45, 2.75) is 6.42 Å². The van der Waals surface area contributed by atoms with Gasteiger partial charge in [0.15, 0.2) is 5.13 Å². The third kappa shape index (κ3) is 2.58. The first-order valence-corrected chi connectivity index (χ1v) is 6.55. The molecule has 0 atom stereocenters. The first kappa shape index (κ1) is 12.3. The Labute approximate surface area is 105 Å². The second-order valence-corrected chi connectivity index (χ2v) is 5.39. The Kier molecular flexibility index (Phi) is 3.63. The smallest absolute Gasteiger partial charge is 0.265 e. The molecular weight excluding hydrogens is 236 g/mol. The van der Waals surface area contributed by atoms with Gasteiger partial charge in [0.05, 0.1) is 5.69 Å². The fourth-order valence-corrected chi connectivity index (χ4v) is 2.75. The number of carbonyl (C=O) groups excluding carboxylic acids is 1. The predicted molar refractivity (Wildman–Crippen MR) is 69.8 cm³/mol. The van der Waals surface area contributed by atoms with E-state index in [9.17, 15) is 4.79 Å². The van der Waals surface area contributed by atoms with Crippen LogP contribution in [0.1, 0.15) is 15.4 Å². The fraction of sp³-hybridized carbons (Fsp3) is 0.636. The SMILES string of the molecule is CNc1nc2c(s1)C(=O)N(CCN(C)C)CC2. The van der Waals surface area contributed by atoms with Crippen LogP contribution in [-0.4, -0.2) is 61.5 Å². The van der Waals surface area contributed by atoms with E-state index < -0.39 is 0 Å². The molecule has 5 nitrogen and oxygen atoms in total. The monoisotopic (exact) mass is 254 g/mol. The van der Waals surface area contributed by atoms with Crippen LogP contribution in [0.5, 0.6) is 0 Å². The average Bonchev–Trinajstić information content (AvgIpc) is 2.72. The molecule has 1 aromatic heterocycles. The molecule has 0 spiro atoms. The molecule has 94 valence electrons. The molecule has 1 N–H and O–H groups in total. The number of aromatic nitrogens is 1. The Balaban J connectivity index is 2.09. The number of rotatable bonds is 4. The molecule has 0 saturated heterocycles. The summed E-state index contributed by atoms with van der Waals surface area (Å²) in [6.45, 7) is 2.48. The zero-order chi connectivity index (χ0) is 12.4. The number of likely N-dealkylation sites (N-methyl/N-ethyl adjacent to an activating group) is 1. The van der Waals surface area contributed by atoms with Crippen LogP contribution < -0.4 is 5.32 Å². The van der Waals surface area contributed by atoms with Crippen molar-refractivity contribution in [2.75, 3.05) is 46.1 Å². The molecule has 2 rings (SSSR count). The van der Waals surface area contributed by atoms with E-state index in [4.69, 9.17) is 0 Å². The summed E-state index contributed by atoms with van der Waals surface area (Å²) >= 11 is 1.45. The number of amides is 1. The molecule has 0 aliphatic carbocycles. The van der Waals surface area contributed by atoms with Crippen molar-refractivity contribution in [1.82, 2.24) is 14.8 Å². The first-order valence-electron chi connectivity index (χ1n) is 5.73. The van der Waals surface area contributed by atoms with Crippen molar-refractivity contribution in [1.29, 1.82) is 0 Å². The Morgan fingerprint density at radius 1 is 1.53 bits per heavy atom. The number of fused-ring (bicyclic) bond motifs is 1. The zero-order valence-electron chi connectivity index (χ0n) is 10.5. The Morgan fingerprint density at radius 3 is 2.94 bits per heavy atom. The van der Waals surface area contributed by atoms with E-state index in [-0.39, 0.29) is 5.91 Å². The van der Waals surface area contributed by atoms with Crippen molar-refractivity contribution in [3.05, 3.63) is 10.6 Å². The number of nitrogens with zero attached hydrogens (tertiary/aromatic N) is 3. The molecule has 6 heteroatoms. The molecule has 0 radical (unpaired) electrons. The quantitative estimate of drug-likeness (QED) is 0.861. The second kappa shape index (κ2) is 5.01. The second-order valence-electron chi connectivity index (χ2n) is 4.39. The molecule has 1 amide bonds.